The summed E-state index contributed by atoms with van der Waals surface area (Å²) in [6.07, 6.45) is 4.12. The fourth-order valence-corrected chi connectivity index (χ4v) is 1.81. The molecule has 3 nitrogen and oxygen atoms in total. The molecular formula is C16H28N2O. The number of aromatic nitrogens is 1. The van der Waals surface area contributed by atoms with Crippen LogP contribution in [-0.2, 0) is 6.54 Å². The summed E-state index contributed by atoms with van der Waals surface area (Å²) >= 11 is 0. The Hall–Kier alpha value is -1.09. The molecule has 1 heterocycles. The van der Waals surface area contributed by atoms with Crippen LogP contribution in [0.15, 0.2) is 18.3 Å². The average molecular weight is 264 g/mol. The molecule has 0 saturated heterocycles. The number of hydrogen-bond donors (Lipinski definition) is 1. The molecule has 108 valence electrons. The van der Waals surface area contributed by atoms with Crippen LogP contribution in [0.1, 0.15) is 46.1 Å². The molecule has 0 amide bonds. The summed E-state index contributed by atoms with van der Waals surface area (Å²) in [5.41, 5.74) is 1.23. The molecule has 0 aliphatic heterocycles. The van der Waals surface area contributed by atoms with E-state index in [0.29, 0.717) is 5.92 Å². The Labute approximate surface area is 117 Å². The van der Waals surface area contributed by atoms with Gasteiger partial charge in [0.2, 0.25) is 5.88 Å². The van der Waals surface area contributed by atoms with Crippen LogP contribution in [-0.4, -0.2) is 18.1 Å². The molecule has 0 unspecified atom stereocenters. The summed E-state index contributed by atoms with van der Waals surface area (Å²) in [5.74, 6) is 2.16. The highest BCUT2D eigenvalue weighted by molar-refractivity contribution is 5.20. The van der Waals surface area contributed by atoms with E-state index in [1.165, 1.54) is 12.0 Å². The standard InChI is InChI=1S/C16H28N2O/c1-13(2)6-5-9-19-16-10-15(7-8-18-16)12-17-11-14(3)4/h7-8,10,13-14,17H,5-6,9,11-12H2,1-4H3. The predicted molar refractivity (Wildman–Crippen MR) is 80.3 cm³/mol. The Morgan fingerprint density at radius 1 is 1.21 bits per heavy atom. The first-order chi connectivity index (χ1) is 9.08. The fraction of sp³-hybridized carbons (Fsp3) is 0.688. The minimum atomic E-state index is 0.675. The largest absolute Gasteiger partial charge is 0.478 e. The molecule has 1 N–H and O–H groups in total. The summed E-state index contributed by atoms with van der Waals surface area (Å²) < 4.78 is 5.69. The van der Waals surface area contributed by atoms with Gasteiger partial charge in [0.05, 0.1) is 6.61 Å². The second-order valence-electron chi connectivity index (χ2n) is 5.91. The van der Waals surface area contributed by atoms with Crippen LogP contribution in [0.3, 0.4) is 0 Å². The van der Waals surface area contributed by atoms with E-state index >= 15 is 0 Å². The number of nitrogens with zero attached hydrogens (tertiary/aromatic N) is 1. The predicted octanol–water partition coefficient (Wildman–Crippen LogP) is 3.64. The third-order valence-corrected chi connectivity index (χ3v) is 2.86. The molecular weight excluding hydrogens is 236 g/mol. The summed E-state index contributed by atoms with van der Waals surface area (Å²) in [7, 11) is 0. The van der Waals surface area contributed by atoms with Crippen molar-refractivity contribution in [1.82, 2.24) is 10.3 Å². The molecule has 1 aromatic rings. The lowest BCUT2D eigenvalue weighted by Crippen LogP contribution is -2.19. The average Bonchev–Trinajstić information content (AvgIpc) is 2.34. The summed E-state index contributed by atoms with van der Waals surface area (Å²) in [5, 5.41) is 3.43. The lowest BCUT2D eigenvalue weighted by atomic mass is 10.1. The highest BCUT2D eigenvalue weighted by Gasteiger charge is 2.00. The van der Waals surface area contributed by atoms with E-state index in [0.717, 1.165) is 37.9 Å². The van der Waals surface area contributed by atoms with E-state index in [2.05, 4.69) is 38.0 Å². The van der Waals surface area contributed by atoms with Gasteiger partial charge in [-0.15, -0.1) is 0 Å². The Kier molecular flexibility index (Phi) is 7.49. The van der Waals surface area contributed by atoms with Gasteiger partial charge in [-0.05, 0) is 42.9 Å². The van der Waals surface area contributed by atoms with Crippen LogP contribution in [0.5, 0.6) is 5.88 Å². The smallest absolute Gasteiger partial charge is 0.213 e. The van der Waals surface area contributed by atoms with Gasteiger partial charge in [0.25, 0.3) is 0 Å². The SMILES string of the molecule is CC(C)CCCOc1cc(CNCC(C)C)ccn1. The van der Waals surface area contributed by atoms with Crippen LogP contribution in [0.2, 0.25) is 0 Å². The van der Waals surface area contributed by atoms with Crippen LogP contribution < -0.4 is 10.1 Å². The first kappa shape index (κ1) is 16.0. The molecule has 0 radical (unpaired) electrons. The van der Waals surface area contributed by atoms with Crippen molar-refractivity contribution in [3.05, 3.63) is 23.9 Å². The molecule has 1 aromatic heterocycles. The fourth-order valence-electron chi connectivity index (χ4n) is 1.81. The second kappa shape index (κ2) is 8.92. The minimum Gasteiger partial charge on any atom is -0.478 e. The molecule has 0 atom stereocenters. The number of pyridine rings is 1. The van der Waals surface area contributed by atoms with Crippen LogP contribution >= 0.6 is 0 Å². The van der Waals surface area contributed by atoms with Gasteiger partial charge in [-0.1, -0.05) is 27.7 Å². The topological polar surface area (TPSA) is 34.1 Å². The van der Waals surface area contributed by atoms with Gasteiger partial charge < -0.3 is 10.1 Å². The first-order valence-electron chi connectivity index (χ1n) is 7.36. The van der Waals surface area contributed by atoms with Crippen molar-refractivity contribution >= 4 is 0 Å². The van der Waals surface area contributed by atoms with E-state index in [1.54, 1.807) is 0 Å². The maximum atomic E-state index is 5.69. The molecule has 0 fully saturated rings. The van der Waals surface area contributed by atoms with Gasteiger partial charge in [-0.3, -0.25) is 0 Å². The van der Waals surface area contributed by atoms with E-state index < -0.39 is 0 Å². The Bertz CT molecular complexity index is 350. The normalized spacial score (nSPS) is 11.3. The quantitative estimate of drug-likeness (QED) is 0.691. The third-order valence-electron chi connectivity index (χ3n) is 2.86. The van der Waals surface area contributed by atoms with E-state index in [-0.39, 0.29) is 0 Å². The van der Waals surface area contributed by atoms with E-state index in [9.17, 15) is 0 Å². The van der Waals surface area contributed by atoms with Crippen LogP contribution in [0.4, 0.5) is 0 Å². The van der Waals surface area contributed by atoms with Gasteiger partial charge in [0, 0.05) is 18.8 Å². The summed E-state index contributed by atoms with van der Waals surface area (Å²) in [6.45, 7) is 11.6. The van der Waals surface area contributed by atoms with Crippen LogP contribution in [0.25, 0.3) is 0 Å². The number of hydrogen-bond acceptors (Lipinski definition) is 3. The van der Waals surface area contributed by atoms with E-state index in [1.807, 2.05) is 18.3 Å². The molecule has 19 heavy (non-hydrogen) atoms. The molecule has 0 aliphatic carbocycles. The zero-order valence-electron chi connectivity index (χ0n) is 12.8. The van der Waals surface area contributed by atoms with Gasteiger partial charge in [0.15, 0.2) is 0 Å². The maximum absolute atomic E-state index is 5.69. The number of rotatable bonds is 9. The Balaban J connectivity index is 2.31. The van der Waals surface area contributed by atoms with Crippen molar-refractivity contribution in [2.45, 2.75) is 47.1 Å². The lowest BCUT2D eigenvalue weighted by molar-refractivity contribution is 0.287. The second-order valence-corrected chi connectivity index (χ2v) is 5.91. The van der Waals surface area contributed by atoms with Crippen molar-refractivity contribution in [2.24, 2.45) is 11.8 Å². The zero-order chi connectivity index (χ0) is 14.1. The zero-order valence-corrected chi connectivity index (χ0v) is 12.8. The van der Waals surface area contributed by atoms with Crippen molar-refractivity contribution in [3.63, 3.8) is 0 Å². The molecule has 0 aliphatic rings. The van der Waals surface area contributed by atoms with Gasteiger partial charge in [-0.25, -0.2) is 4.98 Å². The number of ether oxygens (including phenoxy) is 1. The molecule has 0 spiro atoms. The minimum absolute atomic E-state index is 0.675. The summed E-state index contributed by atoms with van der Waals surface area (Å²) in [4.78, 5) is 4.25. The van der Waals surface area contributed by atoms with Crippen molar-refractivity contribution in [1.29, 1.82) is 0 Å². The van der Waals surface area contributed by atoms with Gasteiger partial charge >= 0.3 is 0 Å². The highest BCUT2D eigenvalue weighted by Crippen LogP contribution is 2.11. The first-order valence-corrected chi connectivity index (χ1v) is 7.36. The van der Waals surface area contributed by atoms with Crippen molar-refractivity contribution < 1.29 is 4.74 Å². The molecule has 0 saturated carbocycles. The third kappa shape index (κ3) is 7.83. The van der Waals surface area contributed by atoms with Crippen molar-refractivity contribution in [2.75, 3.05) is 13.2 Å². The molecule has 1 rings (SSSR count). The lowest BCUT2D eigenvalue weighted by Gasteiger charge is -2.10. The van der Waals surface area contributed by atoms with Crippen molar-refractivity contribution in [3.8, 4) is 5.88 Å². The monoisotopic (exact) mass is 264 g/mol. The van der Waals surface area contributed by atoms with Gasteiger partial charge in [0.1, 0.15) is 0 Å². The maximum Gasteiger partial charge on any atom is 0.213 e. The molecule has 0 bridgehead atoms. The Morgan fingerprint density at radius 3 is 2.68 bits per heavy atom. The Morgan fingerprint density at radius 2 is 2.00 bits per heavy atom. The van der Waals surface area contributed by atoms with Gasteiger partial charge in [-0.2, -0.15) is 0 Å². The highest BCUT2D eigenvalue weighted by atomic mass is 16.5. The molecule has 3 heteroatoms. The van der Waals surface area contributed by atoms with Crippen LogP contribution in [0, 0.1) is 11.8 Å². The van der Waals surface area contributed by atoms with E-state index in [4.69, 9.17) is 4.74 Å². The number of nitrogens with one attached hydrogen (secondary N) is 1. The summed E-state index contributed by atoms with van der Waals surface area (Å²) in [6, 6.07) is 4.07. The molecule has 0 aromatic carbocycles.